The lowest BCUT2D eigenvalue weighted by molar-refractivity contribution is -0.108. The van der Waals surface area contributed by atoms with Crippen molar-refractivity contribution >= 4 is 39.9 Å². The van der Waals surface area contributed by atoms with Crippen LogP contribution in [0.2, 0.25) is 5.02 Å². The summed E-state index contributed by atoms with van der Waals surface area (Å²) in [5, 5.41) is 3.25. The van der Waals surface area contributed by atoms with Crippen LogP contribution >= 0.6 is 27.5 Å². The van der Waals surface area contributed by atoms with Crippen LogP contribution in [0.25, 0.3) is 0 Å². The summed E-state index contributed by atoms with van der Waals surface area (Å²) < 4.78 is 5.89. The van der Waals surface area contributed by atoms with Gasteiger partial charge in [-0.05, 0) is 54.4 Å². The zero-order chi connectivity index (χ0) is 15.3. The molecule has 0 bridgehead atoms. The molecule has 110 valence electrons. The van der Waals surface area contributed by atoms with Crippen molar-refractivity contribution in [3.63, 3.8) is 0 Å². The van der Waals surface area contributed by atoms with Crippen molar-refractivity contribution in [3.8, 4) is 0 Å². The number of hydrogen-bond acceptors (Lipinski definition) is 3. The van der Waals surface area contributed by atoms with E-state index in [1.54, 1.807) is 39.0 Å². The van der Waals surface area contributed by atoms with Crippen molar-refractivity contribution < 1.29 is 14.3 Å². The van der Waals surface area contributed by atoms with Gasteiger partial charge in [-0.1, -0.05) is 17.7 Å². The third-order valence-corrected chi connectivity index (χ3v) is 3.58. The van der Waals surface area contributed by atoms with Crippen LogP contribution in [0.5, 0.6) is 0 Å². The number of amides is 1. The number of carbonyl (C=O) groups excluding carboxylic acids is 2. The maximum Gasteiger partial charge on any atom is 0.408 e. The highest BCUT2D eigenvalue weighted by atomic mass is 79.9. The summed E-state index contributed by atoms with van der Waals surface area (Å²) in [7, 11) is 0. The van der Waals surface area contributed by atoms with Crippen LogP contribution in [0, 0.1) is 0 Å². The summed E-state index contributed by atoms with van der Waals surface area (Å²) in [5.41, 5.74) is 0.190. The van der Waals surface area contributed by atoms with E-state index in [1.807, 2.05) is 0 Å². The highest BCUT2D eigenvalue weighted by molar-refractivity contribution is 9.10. The Morgan fingerprint density at radius 2 is 2.15 bits per heavy atom. The maximum atomic E-state index is 11.8. The summed E-state index contributed by atoms with van der Waals surface area (Å²) in [6.07, 6.45) is 0.355. The average molecular weight is 363 g/mol. The smallest absolute Gasteiger partial charge is 0.408 e. The highest BCUT2D eigenvalue weighted by Gasteiger charge is 2.20. The van der Waals surface area contributed by atoms with Crippen LogP contribution < -0.4 is 5.32 Å². The SMILES string of the molecule is CC(C)(C)OC(=O)N[C@H](CC=O)c1ccc(Cl)c(Br)c1. The molecule has 1 aromatic carbocycles. The average Bonchev–Trinajstić information content (AvgIpc) is 2.30. The molecule has 4 nitrogen and oxygen atoms in total. The molecule has 1 amide bonds. The van der Waals surface area contributed by atoms with Gasteiger partial charge in [0.15, 0.2) is 0 Å². The molecule has 1 N–H and O–H groups in total. The summed E-state index contributed by atoms with van der Waals surface area (Å²) in [4.78, 5) is 22.6. The second-order valence-corrected chi connectivity index (χ2v) is 6.54. The standard InChI is InChI=1S/C14H17BrClNO3/c1-14(2,3)20-13(19)17-12(6-7-18)9-4-5-11(16)10(15)8-9/h4-5,7-8,12H,6H2,1-3H3,(H,17,19)/t12-/m1/s1. The lowest BCUT2D eigenvalue weighted by Crippen LogP contribution is -2.35. The second-order valence-electron chi connectivity index (χ2n) is 5.27. The fourth-order valence-corrected chi connectivity index (χ4v) is 2.07. The Bertz CT molecular complexity index is 500. The molecule has 1 atom stereocenters. The van der Waals surface area contributed by atoms with Crippen LogP contribution in [0.1, 0.15) is 38.8 Å². The van der Waals surface area contributed by atoms with Gasteiger partial charge in [-0.2, -0.15) is 0 Å². The van der Waals surface area contributed by atoms with Crippen LogP contribution in [-0.4, -0.2) is 18.0 Å². The predicted octanol–water partition coefficient (Wildman–Crippen LogP) is 4.26. The van der Waals surface area contributed by atoms with E-state index in [9.17, 15) is 9.59 Å². The number of nitrogens with one attached hydrogen (secondary N) is 1. The molecule has 0 aliphatic rings. The summed E-state index contributed by atoms with van der Waals surface area (Å²) in [6.45, 7) is 5.33. The molecule has 0 spiro atoms. The Hall–Kier alpha value is -1.07. The topological polar surface area (TPSA) is 55.4 Å². The van der Waals surface area contributed by atoms with Crippen molar-refractivity contribution in [3.05, 3.63) is 33.3 Å². The second kappa shape index (κ2) is 7.09. The summed E-state index contributed by atoms with van der Waals surface area (Å²) in [6, 6.07) is 4.79. The van der Waals surface area contributed by atoms with Crippen molar-refractivity contribution in [2.45, 2.75) is 38.8 Å². The molecule has 0 saturated heterocycles. The van der Waals surface area contributed by atoms with E-state index in [2.05, 4.69) is 21.2 Å². The van der Waals surface area contributed by atoms with Crippen LogP contribution in [0.3, 0.4) is 0 Å². The van der Waals surface area contributed by atoms with Gasteiger partial charge in [-0.25, -0.2) is 4.79 Å². The van der Waals surface area contributed by atoms with E-state index in [0.717, 1.165) is 11.8 Å². The zero-order valence-corrected chi connectivity index (χ0v) is 13.9. The number of carbonyl (C=O) groups is 2. The molecule has 20 heavy (non-hydrogen) atoms. The van der Waals surface area contributed by atoms with Gasteiger partial charge in [0.2, 0.25) is 0 Å². The summed E-state index contributed by atoms with van der Waals surface area (Å²) >= 11 is 9.24. The number of benzene rings is 1. The number of aldehydes is 1. The lowest BCUT2D eigenvalue weighted by Gasteiger charge is -2.23. The number of ether oxygens (including phenoxy) is 1. The number of rotatable bonds is 4. The largest absolute Gasteiger partial charge is 0.444 e. The first kappa shape index (κ1) is 17.0. The number of halogens is 2. The fourth-order valence-electron chi connectivity index (χ4n) is 1.55. The van der Waals surface area contributed by atoms with Gasteiger partial charge < -0.3 is 14.8 Å². The van der Waals surface area contributed by atoms with E-state index < -0.39 is 17.7 Å². The predicted molar refractivity (Wildman–Crippen MR) is 81.9 cm³/mol. The van der Waals surface area contributed by atoms with Gasteiger partial charge in [0.1, 0.15) is 11.9 Å². The normalized spacial score (nSPS) is 12.7. The summed E-state index contributed by atoms with van der Waals surface area (Å²) in [5.74, 6) is 0. The van der Waals surface area contributed by atoms with Crippen molar-refractivity contribution in [2.75, 3.05) is 0 Å². The van der Waals surface area contributed by atoms with Gasteiger partial charge in [-0.15, -0.1) is 0 Å². The molecule has 1 rings (SSSR count). The molecular weight excluding hydrogens is 346 g/mol. The van der Waals surface area contributed by atoms with Crippen molar-refractivity contribution in [1.82, 2.24) is 5.32 Å². The van der Waals surface area contributed by atoms with Gasteiger partial charge in [0, 0.05) is 10.9 Å². The molecular formula is C14H17BrClNO3. The molecule has 0 saturated carbocycles. The fraction of sp³-hybridized carbons (Fsp3) is 0.429. The third kappa shape index (κ3) is 5.51. The third-order valence-electron chi connectivity index (χ3n) is 2.37. The molecule has 1 aromatic rings. The van der Waals surface area contributed by atoms with Crippen molar-refractivity contribution in [2.24, 2.45) is 0 Å². The van der Waals surface area contributed by atoms with Crippen molar-refractivity contribution in [1.29, 1.82) is 0 Å². The monoisotopic (exact) mass is 361 g/mol. The van der Waals surface area contributed by atoms with Crippen LogP contribution in [0.15, 0.2) is 22.7 Å². The molecule has 0 heterocycles. The molecule has 0 aromatic heterocycles. The first-order valence-corrected chi connectivity index (χ1v) is 7.28. The minimum Gasteiger partial charge on any atom is -0.444 e. The quantitative estimate of drug-likeness (QED) is 0.814. The van der Waals surface area contributed by atoms with Gasteiger partial charge in [0.25, 0.3) is 0 Å². The van der Waals surface area contributed by atoms with E-state index in [-0.39, 0.29) is 6.42 Å². The van der Waals surface area contributed by atoms with E-state index >= 15 is 0 Å². The number of hydrogen-bond donors (Lipinski definition) is 1. The molecule has 6 heteroatoms. The Morgan fingerprint density at radius 3 is 2.65 bits per heavy atom. The minimum absolute atomic E-state index is 0.160. The Kier molecular flexibility index (Phi) is 6.02. The Labute approximate surface area is 132 Å². The first-order chi connectivity index (χ1) is 9.23. The molecule has 0 aliphatic carbocycles. The van der Waals surface area contributed by atoms with Gasteiger partial charge >= 0.3 is 6.09 Å². The highest BCUT2D eigenvalue weighted by Crippen LogP contribution is 2.27. The Balaban J connectivity index is 2.85. The molecule has 0 unspecified atom stereocenters. The lowest BCUT2D eigenvalue weighted by atomic mass is 10.0. The van der Waals surface area contributed by atoms with E-state index in [0.29, 0.717) is 9.50 Å². The van der Waals surface area contributed by atoms with E-state index in [1.165, 1.54) is 0 Å². The minimum atomic E-state index is -0.587. The first-order valence-electron chi connectivity index (χ1n) is 6.11. The van der Waals surface area contributed by atoms with Gasteiger partial charge in [-0.3, -0.25) is 0 Å². The zero-order valence-electron chi connectivity index (χ0n) is 11.6. The van der Waals surface area contributed by atoms with E-state index in [4.69, 9.17) is 16.3 Å². The van der Waals surface area contributed by atoms with Crippen LogP contribution in [-0.2, 0) is 9.53 Å². The molecule has 0 aliphatic heterocycles. The van der Waals surface area contributed by atoms with Gasteiger partial charge in [0.05, 0.1) is 11.1 Å². The molecule has 0 radical (unpaired) electrons. The molecule has 0 fully saturated rings. The maximum absolute atomic E-state index is 11.8. The number of alkyl carbamates (subject to hydrolysis) is 1. The Morgan fingerprint density at radius 1 is 1.50 bits per heavy atom. The van der Waals surface area contributed by atoms with Crippen LogP contribution in [0.4, 0.5) is 4.79 Å².